The summed E-state index contributed by atoms with van der Waals surface area (Å²) in [5, 5.41) is 0. The van der Waals surface area contributed by atoms with E-state index >= 15 is 0 Å². The van der Waals surface area contributed by atoms with E-state index in [9.17, 15) is 4.79 Å². The quantitative estimate of drug-likeness (QED) is 0.730. The first kappa shape index (κ1) is 12.8. The molecule has 0 aromatic heterocycles. The molecule has 1 aliphatic rings. The van der Waals surface area contributed by atoms with Gasteiger partial charge in [-0.15, -0.1) is 0 Å². The van der Waals surface area contributed by atoms with Gasteiger partial charge in [0.25, 0.3) is 0 Å². The fourth-order valence-corrected chi connectivity index (χ4v) is 2.12. The first-order chi connectivity index (χ1) is 7.15. The Labute approximate surface area is 96.2 Å². The maximum atomic E-state index is 11.9. The summed E-state index contributed by atoms with van der Waals surface area (Å²) in [5.41, 5.74) is 5.85. The third-order valence-electron chi connectivity index (χ3n) is 2.77. The van der Waals surface area contributed by atoms with Gasteiger partial charge < -0.3 is 15.5 Å². The number of nitrogens with two attached hydrogens (primary N) is 1. The van der Waals surface area contributed by atoms with Crippen LogP contribution in [-0.4, -0.2) is 67.0 Å². The van der Waals surface area contributed by atoms with Crippen LogP contribution in [0.3, 0.4) is 0 Å². The molecule has 0 aliphatic carbocycles. The smallest absolute Gasteiger partial charge is 0.239 e. The average Bonchev–Trinajstić information content (AvgIpc) is 2.26. The Morgan fingerprint density at radius 2 is 2.00 bits per heavy atom. The Balaban J connectivity index is 2.32. The largest absolute Gasteiger partial charge is 0.339 e. The summed E-state index contributed by atoms with van der Waals surface area (Å²) in [7, 11) is 2.08. The molecule has 0 saturated carbocycles. The molecule has 1 saturated heterocycles. The molecule has 0 bridgehead atoms. The third kappa shape index (κ3) is 4.01. The maximum Gasteiger partial charge on any atom is 0.239 e. The molecule has 0 spiro atoms. The summed E-state index contributed by atoms with van der Waals surface area (Å²) in [6.45, 7) is 3.56. The molecule has 1 fully saturated rings. The zero-order chi connectivity index (χ0) is 11.3. The van der Waals surface area contributed by atoms with Crippen molar-refractivity contribution in [2.45, 2.75) is 12.5 Å². The van der Waals surface area contributed by atoms with Crippen molar-refractivity contribution in [2.24, 2.45) is 5.73 Å². The highest BCUT2D eigenvalue weighted by atomic mass is 32.2. The molecule has 1 rings (SSSR count). The topological polar surface area (TPSA) is 49.6 Å². The SMILES string of the molecule is CSCCC(N)C(=O)N1CCN(C)CC1. The van der Waals surface area contributed by atoms with Gasteiger partial charge in [0, 0.05) is 26.2 Å². The van der Waals surface area contributed by atoms with Crippen LogP contribution in [0.25, 0.3) is 0 Å². The van der Waals surface area contributed by atoms with Gasteiger partial charge >= 0.3 is 0 Å². The molecular formula is C10H21N3OS. The van der Waals surface area contributed by atoms with Crippen molar-refractivity contribution in [2.75, 3.05) is 45.2 Å². The fourth-order valence-electron chi connectivity index (χ4n) is 1.63. The second kappa shape index (κ2) is 6.35. The number of thioether (sulfide) groups is 1. The van der Waals surface area contributed by atoms with Crippen LogP contribution in [0.15, 0.2) is 0 Å². The van der Waals surface area contributed by atoms with Gasteiger partial charge in [-0.1, -0.05) is 0 Å². The molecule has 1 unspecified atom stereocenters. The number of carbonyl (C=O) groups excluding carboxylic acids is 1. The van der Waals surface area contributed by atoms with E-state index in [2.05, 4.69) is 11.9 Å². The lowest BCUT2D eigenvalue weighted by atomic mass is 10.2. The number of hydrogen-bond donors (Lipinski definition) is 1. The van der Waals surface area contributed by atoms with Crippen LogP contribution in [0.1, 0.15) is 6.42 Å². The summed E-state index contributed by atoms with van der Waals surface area (Å²) in [5.74, 6) is 1.08. The predicted molar refractivity (Wildman–Crippen MR) is 65.1 cm³/mol. The van der Waals surface area contributed by atoms with Gasteiger partial charge in [-0.2, -0.15) is 11.8 Å². The van der Waals surface area contributed by atoms with Crippen LogP contribution in [0.4, 0.5) is 0 Å². The molecule has 1 aliphatic heterocycles. The standard InChI is InChI=1S/C10H21N3OS/c1-12-4-6-13(7-5-12)10(14)9(11)3-8-15-2/h9H,3-8,11H2,1-2H3. The first-order valence-corrected chi connectivity index (χ1v) is 6.76. The minimum Gasteiger partial charge on any atom is -0.339 e. The molecule has 5 heteroatoms. The van der Waals surface area contributed by atoms with Gasteiger partial charge in [0.15, 0.2) is 0 Å². The summed E-state index contributed by atoms with van der Waals surface area (Å²) in [4.78, 5) is 16.0. The van der Waals surface area contributed by atoms with E-state index in [0.29, 0.717) is 0 Å². The number of amides is 1. The maximum absolute atomic E-state index is 11.9. The second-order valence-corrected chi connectivity index (χ2v) is 5.00. The van der Waals surface area contributed by atoms with Crippen LogP contribution in [0.5, 0.6) is 0 Å². The zero-order valence-electron chi connectivity index (χ0n) is 9.61. The molecule has 0 aromatic carbocycles. The monoisotopic (exact) mass is 231 g/mol. The van der Waals surface area contributed by atoms with Crippen LogP contribution in [0, 0.1) is 0 Å². The lowest BCUT2D eigenvalue weighted by Gasteiger charge is -2.33. The van der Waals surface area contributed by atoms with Gasteiger partial charge in [-0.3, -0.25) is 4.79 Å². The Morgan fingerprint density at radius 3 is 2.53 bits per heavy atom. The van der Waals surface area contributed by atoms with Gasteiger partial charge in [-0.25, -0.2) is 0 Å². The Morgan fingerprint density at radius 1 is 1.40 bits per heavy atom. The summed E-state index contributed by atoms with van der Waals surface area (Å²) in [6, 6.07) is -0.305. The molecule has 0 radical (unpaired) electrons. The van der Waals surface area contributed by atoms with E-state index in [-0.39, 0.29) is 11.9 Å². The van der Waals surface area contributed by atoms with Gasteiger partial charge in [0.05, 0.1) is 6.04 Å². The summed E-state index contributed by atoms with van der Waals surface area (Å²) in [6.07, 6.45) is 2.82. The number of nitrogens with zero attached hydrogens (tertiary/aromatic N) is 2. The van der Waals surface area contributed by atoms with Crippen molar-refractivity contribution < 1.29 is 4.79 Å². The van der Waals surface area contributed by atoms with E-state index in [1.54, 1.807) is 11.8 Å². The van der Waals surface area contributed by atoms with Crippen LogP contribution in [0.2, 0.25) is 0 Å². The lowest BCUT2D eigenvalue weighted by Crippen LogP contribution is -2.52. The zero-order valence-corrected chi connectivity index (χ0v) is 10.4. The molecule has 4 nitrogen and oxygen atoms in total. The number of rotatable bonds is 4. The minimum atomic E-state index is -0.305. The van der Waals surface area contributed by atoms with E-state index in [1.165, 1.54) is 0 Å². The second-order valence-electron chi connectivity index (χ2n) is 4.02. The average molecular weight is 231 g/mol. The molecule has 15 heavy (non-hydrogen) atoms. The molecular weight excluding hydrogens is 210 g/mol. The van der Waals surface area contributed by atoms with Crippen molar-refractivity contribution >= 4 is 17.7 Å². The highest BCUT2D eigenvalue weighted by Crippen LogP contribution is 2.05. The summed E-state index contributed by atoms with van der Waals surface area (Å²) >= 11 is 1.74. The number of hydrogen-bond acceptors (Lipinski definition) is 4. The minimum absolute atomic E-state index is 0.122. The van der Waals surface area contributed by atoms with E-state index in [0.717, 1.165) is 38.4 Å². The van der Waals surface area contributed by atoms with Crippen LogP contribution >= 0.6 is 11.8 Å². The third-order valence-corrected chi connectivity index (χ3v) is 3.41. The number of carbonyl (C=O) groups is 1. The Hall–Kier alpha value is -0.260. The predicted octanol–water partition coefficient (Wildman–Crippen LogP) is -0.159. The highest BCUT2D eigenvalue weighted by Gasteiger charge is 2.23. The van der Waals surface area contributed by atoms with Gasteiger partial charge in [-0.05, 0) is 25.5 Å². The molecule has 88 valence electrons. The van der Waals surface area contributed by atoms with Crippen molar-refractivity contribution in [1.29, 1.82) is 0 Å². The normalized spacial score (nSPS) is 20.3. The molecule has 1 amide bonds. The van der Waals surface area contributed by atoms with E-state index in [1.807, 2.05) is 11.2 Å². The molecule has 2 N–H and O–H groups in total. The number of likely N-dealkylation sites (N-methyl/N-ethyl adjacent to an activating group) is 1. The lowest BCUT2D eigenvalue weighted by molar-refractivity contribution is -0.134. The summed E-state index contributed by atoms with van der Waals surface area (Å²) < 4.78 is 0. The van der Waals surface area contributed by atoms with Crippen molar-refractivity contribution in [1.82, 2.24) is 9.80 Å². The molecule has 0 aromatic rings. The van der Waals surface area contributed by atoms with E-state index < -0.39 is 0 Å². The first-order valence-electron chi connectivity index (χ1n) is 5.37. The highest BCUT2D eigenvalue weighted by molar-refractivity contribution is 7.98. The van der Waals surface area contributed by atoms with Crippen molar-refractivity contribution in [3.63, 3.8) is 0 Å². The Bertz CT molecular complexity index is 205. The fraction of sp³-hybridized carbons (Fsp3) is 0.900. The van der Waals surface area contributed by atoms with Crippen molar-refractivity contribution in [3.05, 3.63) is 0 Å². The Kier molecular flexibility index (Phi) is 5.42. The van der Waals surface area contributed by atoms with Crippen LogP contribution in [-0.2, 0) is 4.79 Å². The molecule has 1 atom stereocenters. The number of piperazine rings is 1. The van der Waals surface area contributed by atoms with Crippen molar-refractivity contribution in [3.8, 4) is 0 Å². The van der Waals surface area contributed by atoms with Gasteiger partial charge in [0.1, 0.15) is 0 Å². The van der Waals surface area contributed by atoms with E-state index in [4.69, 9.17) is 5.73 Å². The molecule has 1 heterocycles. The van der Waals surface area contributed by atoms with Gasteiger partial charge in [0.2, 0.25) is 5.91 Å². The van der Waals surface area contributed by atoms with Crippen LogP contribution < -0.4 is 5.73 Å².